The molecule has 1 N–H and O–H groups in total. The van der Waals surface area contributed by atoms with E-state index in [1.54, 1.807) is 24.3 Å². The third-order valence-corrected chi connectivity index (χ3v) is 5.43. The van der Waals surface area contributed by atoms with Crippen LogP contribution < -0.4 is 5.32 Å². The van der Waals surface area contributed by atoms with Gasteiger partial charge < -0.3 is 5.32 Å². The molecule has 0 saturated heterocycles. The predicted octanol–water partition coefficient (Wildman–Crippen LogP) is 2.89. The second kappa shape index (κ2) is 8.27. The van der Waals surface area contributed by atoms with E-state index < -0.39 is 16.1 Å². The summed E-state index contributed by atoms with van der Waals surface area (Å²) >= 11 is 0. The lowest BCUT2D eigenvalue weighted by molar-refractivity contribution is -0.125. The number of nitrogens with one attached hydrogen (secondary N) is 1. The number of sulfonamides is 1. The van der Waals surface area contributed by atoms with Crippen LogP contribution in [0.15, 0.2) is 60.7 Å². The molecule has 0 heterocycles. The van der Waals surface area contributed by atoms with E-state index in [4.69, 9.17) is 0 Å². The monoisotopic (exact) mass is 360 g/mol. The van der Waals surface area contributed by atoms with Crippen molar-refractivity contribution >= 4 is 15.9 Å². The summed E-state index contributed by atoms with van der Waals surface area (Å²) in [6.45, 7) is 1.98. The second-order valence-corrected chi connectivity index (χ2v) is 8.01. The fourth-order valence-corrected chi connectivity index (χ4v) is 3.31. The summed E-state index contributed by atoms with van der Waals surface area (Å²) in [4.78, 5) is 13.0. The molecular weight excluding hydrogens is 336 g/mol. The Morgan fingerprint density at radius 3 is 1.92 bits per heavy atom. The molecule has 0 radical (unpaired) electrons. The van der Waals surface area contributed by atoms with Crippen molar-refractivity contribution in [3.63, 3.8) is 0 Å². The average Bonchev–Trinajstić information content (AvgIpc) is 2.60. The van der Waals surface area contributed by atoms with Crippen LogP contribution in [0.5, 0.6) is 0 Å². The number of likely N-dealkylation sites (N-methyl/N-ethyl adjacent to an activating group) is 1. The molecule has 2 rings (SSSR count). The molecule has 5 nitrogen and oxygen atoms in total. The number of amides is 1. The molecule has 0 bridgehead atoms. The Morgan fingerprint density at radius 1 is 1.00 bits per heavy atom. The normalized spacial score (nSPS) is 14.1. The van der Waals surface area contributed by atoms with Crippen molar-refractivity contribution in [2.24, 2.45) is 0 Å². The van der Waals surface area contributed by atoms with Gasteiger partial charge in [0, 0.05) is 7.05 Å². The highest BCUT2D eigenvalue weighted by atomic mass is 32.2. The van der Waals surface area contributed by atoms with Crippen LogP contribution in [-0.2, 0) is 14.8 Å². The van der Waals surface area contributed by atoms with Crippen LogP contribution >= 0.6 is 0 Å². The summed E-state index contributed by atoms with van der Waals surface area (Å²) in [7, 11) is -2.10. The second-order valence-electron chi connectivity index (χ2n) is 5.97. The number of hydrogen-bond donors (Lipinski definition) is 1. The van der Waals surface area contributed by atoms with E-state index >= 15 is 0 Å². The highest BCUT2D eigenvalue weighted by Crippen LogP contribution is 2.24. The van der Waals surface area contributed by atoms with Crippen LogP contribution in [0.4, 0.5) is 0 Å². The quantitative estimate of drug-likeness (QED) is 0.826. The van der Waals surface area contributed by atoms with E-state index in [9.17, 15) is 13.2 Å². The van der Waals surface area contributed by atoms with Gasteiger partial charge in [0.05, 0.1) is 12.3 Å². The Labute approximate surface area is 149 Å². The van der Waals surface area contributed by atoms with Crippen LogP contribution in [0.25, 0.3) is 0 Å². The van der Waals surface area contributed by atoms with Gasteiger partial charge in [-0.25, -0.2) is 8.42 Å². The molecule has 6 heteroatoms. The summed E-state index contributed by atoms with van der Waals surface area (Å²) in [5.74, 6) is -0.338. The maximum atomic E-state index is 13.0. The van der Waals surface area contributed by atoms with Gasteiger partial charge in [-0.2, -0.15) is 4.31 Å². The maximum Gasteiger partial charge on any atom is 0.243 e. The van der Waals surface area contributed by atoms with Gasteiger partial charge >= 0.3 is 0 Å². The molecule has 2 aromatic rings. The van der Waals surface area contributed by atoms with Gasteiger partial charge in [-0.3, -0.25) is 4.79 Å². The molecule has 0 aromatic heterocycles. The molecule has 0 aliphatic heterocycles. The average molecular weight is 360 g/mol. The zero-order valence-electron chi connectivity index (χ0n) is 14.7. The topological polar surface area (TPSA) is 66.5 Å². The van der Waals surface area contributed by atoms with Crippen molar-refractivity contribution in [1.29, 1.82) is 0 Å². The molecule has 0 spiro atoms. The molecule has 2 atom stereocenters. The number of benzene rings is 2. The van der Waals surface area contributed by atoms with Crippen molar-refractivity contribution < 1.29 is 13.2 Å². The fourth-order valence-electron chi connectivity index (χ4n) is 2.71. The van der Waals surface area contributed by atoms with Gasteiger partial charge in [0.1, 0.15) is 6.04 Å². The highest BCUT2D eigenvalue weighted by Gasteiger charge is 2.31. The van der Waals surface area contributed by atoms with Crippen molar-refractivity contribution in [2.75, 3.05) is 13.3 Å². The van der Waals surface area contributed by atoms with Gasteiger partial charge in [0.2, 0.25) is 15.9 Å². The third-order valence-electron chi connectivity index (χ3n) is 4.18. The molecule has 134 valence electrons. The largest absolute Gasteiger partial charge is 0.348 e. The Bertz CT molecular complexity index is 792. The number of nitrogens with zero attached hydrogens (tertiary/aromatic N) is 1. The minimum absolute atomic E-state index is 0.173. The molecule has 0 fully saturated rings. The molecule has 0 aliphatic rings. The van der Waals surface area contributed by atoms with E-state index in [-0.39, 0.29) is 11.9 Å². The first kappa shape index (κ1) is 19.1. The summed E-state index contributed by atoms with van der Waals surface area (Å²) < 4.78 is 25.1. The van der Waals surface area contributed by atoms with Gasteiger partial charge in [-0.1, -0.05) is 67.6 Å². The zero-order valence-corrected chi connectivity index (χ0v) is 15.5. The van der Waals surface area contributed by atoms with E-state index in [0.29, 0.717) is 12.0 Å². The third kappa shape index (κ3) is 4.90. The first-order chi connectivity index (χ1) is 11.8. The summed E-state index contributed by atoms with van der Waals surface area (Å²) in [6.07, 6.45) is 1.81. The first-order valence-corrected chi connectivity index (χ1v) is 10.0. The van der Waals surface area contributed by atoms with Crippen LogP contribution in [0, 0.1) is 0 Å². The van der Waals surface area contributed by atoms with Crippen molar-refractivity contribution in [3.8, 4) is 0 Å². The van der Waals surface area contributed by atoms with E-state index in [1.165, 1.54) is 7.05 Å². The standard InChI is InChI=1S/C19H24N2O3S/c1-4-17(15-11-7-5-8-12-15)20-19(22)18(21(2)25(3,23)24)16-13-9-6-10-14-16/h5-14,17-18H,4H2,1-3H3,(H,20,22)/t17-,18-/m1/s1. The minimum Gasteiger partial charge on any atom is -0.348 e. The molecule has 2 aromatic carbocycles. The highest BCUT2D eigenvalue weighted by molar-refractivity contribution is 7.88. The van der Waals surface area contributed by atoms with Gasteiger partial charge in [0.25, 0.3) is 0 Å². The lowest BCUT2D eigenvalue weighted by atomic mass is 10.0. The Balaban J connectivity index is 2.32. The molecule has 25 heavy (non-hydrogen) atoms. The van der Waals surface area contributed by atoms with Crippen molar-refractivity contribution in [2.45, 2.75) is 25.4 Å². The number of carbonyl (C=O) groups excluding carboxylic acids is 1. The summed E-state index contributed by atoms with van der Waals surface area (Å²) in [6, 6.07) is 17.5. The number of carbonyl (C=O) groups is 1. The Morgan fingerprint density at radius 2 is 1.48 bits per heavy atom. The Hall–Kier alpha value is -2.18. The van der Waals surface area contributed by atoms with Crippen LogP contribution in [0.2, 0.25) is 0 Å². The van der Waals surface area contributed by atoms with E-state index in [0.717, 1.165) is 16.1 Å². The lowest BCUT2D eigenvalue weighted by Crippen LogP contribution is -2.42. The van der Waals surface area contributed by atoms with Gasteiger partial charge in [0.15, 0.2) is 0 Å². The van der Waals surface area contributed by atoms with Gasteiger partial charge in [-0.15, -0.1) is 0 Å². The molecule has 0 saturated carbocycles. The number of rotatable bonds is 7. The predicted molar refractivity (Wildman–Crippen MR) is 99.4 cm³/mol. The van der Waals surface area contributed by atoms with Crippen molar-refractivity contribution in [1.82, 2.24) is 9.62 Å². The Kier molecular flexibility index (Phi) is 6.33. The zero-order chi connectivity index (χ0) is 18.4. The SMILES string of the molecule is CC[C@@H](NC(=O)[C@@H](c1ccccc1)N(C)S(C)(=O)=O)c1ccccc1. The number of hydrogen-bond acceptors (Lipinski definition) is 3. The smallest absolute Gasteiger partial charge is 0.243 e. The molecule has 0 aliphatic carbocycles. The molecule has 1 amide bonds. The minimum atomic E-state index is -3.53. The van der Waals surface area contributed by atoms with E-state index in [1.807, 2.05) is 43.3 Å². The van der Waals surface area contributed by atoms with Crippen LogP contribution in [0.3, 0.4) is 0 Å². The van der Waals surface area contributed by atoms with Crippen LogP contribution in [0.1, 0.15) is 36.6 Å². The summed E-state index contributed by atoms with van der Waals surface area (Å²) in [5.41, 5.74) is 1.63. The fraction of sp³-hybridized carbons (Fsp3) is 0.316. The molecule has 0 unspecified atom stereocenters. The summed E-state index contributed by atoms with van der Waals surface area (Å²) in [5, 5.41) is 2.99. The first-order valence-electron chi connectivity index (χ1n) is 8.18. The van der Waals surface area contributed by atoms with Crippen LogP contribution in [-0.4, -0.2) is 31.9 Å². The van der Waals surface area contributed by atoms with E-state index in [2.05, 4.69) is 5.32 Å². The lowest BCUT2D eigenvalue weighted by Gasteiger charge is -2.28. The molecular formula is C19H24N2O3S. The van der Waals surface area contributed by atoms with Gasteiger partial charge in [-0.05, 0) is 17.5 Å². The van der Waals surface area contributed by atoms with Crippen molar-refractivity contribution in [3.05, 3.63) is 71.8 Å². The maximum absolute atomic E-state index is 13.0.